The molecule has 0 bridgehead atoms. The first-order chi connectivity index (χ1) is 21.5. The Hall–Kier alpha value is -3.00. The molecule has 4 atom stereocenters. The second-order valence-corrected chi connectivity index (χ2v) is 13.4. The summed E-state index contributed by atoms with van der Waals surface area (Å²) in [6, 6.07) is 6.97. The Kier molecular flexibility index (Phi) is 14.8. The number of hydrogen-bond donors (Lipinski definition) is 4. The summed E-state index contributed by atoms with van der Waals surface area (Å²) in [4.78, 5) is 58.0. The van der Waals surface area contributed by atoms with E-state index in [2.05, 4.69) is 40.0 Å². The number of likely N-dealkylation sites (tertiary alicyclic amines) is 1. The average Bonchev–Trinajstić information content (AvgIpc) is 3.68. The molecule has 45 heavy (non-hydrogen) atoms. The Labute approximate surface area is 271 Å². The minimum atomic E-state index is -0.844. The highest BCUT2D eigenvalue weighted by Gasteiger charge is 2.41. The highest BCUT2D eigenvalue weighted by molar-refractivity contribution is 8.12. The molecule has 0 radical (unpaired) electrons. The van der Waals surface area contributed by atoms with Crippen molar-refractivity contribution in [3.8, 4) is 0 Å². The standard InChI is InChI=1S/C32H50N6O6S/c1-22-28(45-21-36-22)24-9-7-23(8-10-24)20-35-30(41)25-6-5-15-38(25)31(42)29(32(2,3)4)37-27(40)12-11-26(39)34-14-17-44-19-18-43-16-13-33/h7-10,21-22,25,28-29H,5-6,11-20,33H2,1-4H3,(H,34,39)(H,35,41)(H,37,40)/t22?,25-,28?,29+/m0/s1. The van der Waals surface area contributed by atoms with Crippen LogP contribution in [-0.2, 0) is 35.2 Å². The van der Waals surface area contributed by atoms with Crippen molar-refractivity contribution in [2.75, 3.05) is 46.1 Å². The molecule has 12 nitrogen and oxygen atoms in total. The van der Waals surface area contributed by atoms with Crippen molar-refractivity contribution in [1.29, 1.82) is 0 Å². The van der Waals surface area contributed by atoms with Crippen LogP contribution >= 0.6 is 11.8 Å². The van der Waals surface area contributed by atoms with Crippen molar-refractivity contribution in [2.24, 2.45) is 16.1 Å². The van der Waals surface area contributed by atoms with Crippen molar-refractivity contribution in [1.82, 2.24) is 20.9 Å². The molecule has 4 amide bonds. The normalized spacial score (nSPS) is 20.2. The summed E-state index contributed by atoms with van der Waals surface area (Å²) >= 11 is 1.71. The van der Waals surface area contributed by atoms with Crippen molar-refractivity contribution >= 4 is 40.9 Å². The van der Waals surface area contributed by atoms with Crippen LogP contribution in [0.1, 0.15) is 69.8 Å². The quantitative estimate of drug-likeness (QED) is 0.187. The van der Waals surface area contributed by atoms with E-state index in [0.29, 0.717) is 70.7 Å². The summed E-state index contributed by atoms with van der Waals surface area (Å²) in [5, 5.41) is 8.86. The lowest BCUT2D eigenvalue weighted by atomic mass is 9.85. The van der Waals surface area contributed by atoms with Gasteiger partial charge in [0.05, 0.1) is 43.3 Å². The molecule has 1 fully saturated rings. The summed E-state index contributed by atoms with van der Waals surface area (Å²) in [7, 11) is 0. The molecule has 2 heterocycles. The fraction of sp³-hybridized carbons (Fsp3) is 0.656. The molecule has 0 spiro atoms. The van der Waals surface area contributed by atoms with E-state index >= 15 is 0 Å². The maximum Gasteiger partial charge on any atom is 0.246 e. The Balaban J connectivity index is 1.45. The van der Waals surface area contributed by atoms with Gasteiger partial charge in [-0.2, -0.15) is 0 Å². The second kappa shape index (κ2) is 18.2. The lowest BCUT2D eigenvalue weighted by molar-refractivity contribution is -0.144. The molecule has 13 heteroatoms. The summed E-state index contributed by atoms with van der Waals surface area (Å²) in [5.41, 5.74) is 8.82. The Bertz CT molecular complexity index is 1160. The van der Waals surface area contributed by atoms with Crippen molar-refractivity contribution in [3.05, 3.63) is 35.4 Å². The maximum atomic E-state index is 13.7. The van der Waals surface area contributed by atoms with E-state index in [1.54, 1.807) is 16.7 Å². The fourth-order valence-corrected chi connectivity index (χ4v) is 6.22. The van der Waals surface area contributed by atoms with Gasteiger partial charge in [0.2, 0.25) is 23.6 Å². The first-order valence-electron chi connectivity index (χ1n) is 15.8. The molecule has 0 aliphatic carbocycles. The van der Waals surface area contributed by atoms with E-state index in [1.165, 1.54) is 5.56 Å². The van der Waals surface area contributed by atoms with Crippen molar-refractivity contribution < 1.29 is 28.7 Å². The number of benzene rings is 1. The van der Waals surface area contributed by atoms with Crippen LogP contribution in [0.3, 0.4) is 0 Å². The van der Waals surface area contributed by atoms with Crippen LogP contribution in [0.5, 0.6) is 0 Å². The third-order valence-electron chi connectivity index (χ3n) is 7.76. The second-order valence-electron chi connectivity index (χ2n) is 12.4. The number of carbonyl (C=O) groups excluding carboxylic acids is 4. The fourth-order valence-electron chi connectivity index (χ4n) is 5.21. The van der Waals surface area contributed by atoms with Gasteiger partial charge >= 0.3 is 0 Å². The molecular formula is C32H50N6O6S. The topological polar surface area (TPSA) is 164 Å². The molecular weight excluding hydrogens is 596 g/mol. The first kappa shape index (κ1) is 36.5. The van der Waals surface area contributed by atoms with Crippen LogP contribution in [0.2, 0.25) is 0 Å². The maximum absolute atomic E-state index is 13.7. The van der Waals surface area contributed by atoms with Crippen LogP contribution in [0.25, 0.3) is 0 Å². The lowest BCUT2D eigenvalue weighted by Crippen LogP contribution is -2.57. The number of ether oxygens (including phenoxy) is 2. The number of rotatable bonds is 17. The number of nitrogens with two attached hydrogens (primary N) is 1. The van der Waals surface area contributed by atoms with Gasteiger partial charge < -0.3 is 36.1 Å². The van der Waals surface area contributed by atoms with Crippen LogP contribution < -0.4 is 21.7 Å². The number of nitrogens with one attached hydrogen (secondary N) is 3. The van der Waals surface area contributed by atoms with Gasteiger partial charge in [-0.1, -0.05) is 45.0 Å². The third-order valence-corrected chi connectivity index (χ3v) is 8.96. The molecule has 5 N–H and O–H groups in total. The SMILES string of the molecule is CC1N=CSC1c1ccc(CNC(=O)[C@@H]2CCCN2C(=O)[C@@H](NC(=O)CCC(=O)NCCOCCOCCN)C(C)(C)C)cc1. The van der Waals surface area contributed by atoms with E-state index in [4.69, 9.17) is 15.2 Å². The predicted molar refractivity (Wildman–Crippen MR) is 176 cm³/mol. The number of carbonyl (C=O) groups is 4. The van der Waals surface area contributed by atoms with Gasteiger partial charge in [-0.3, -0.25) is 24.2 Å². The smallest absolute Gasteiger partial charge is 0.246 e. The highest BCUT2D eigenvalue weighted by Crippen LogP contribution is 2.36. The first-order valence-corrected chi connectivity index (χ1v) is 16.7. The zero-order valence-electron chi connectivity index (χ0n) is 27.0. The molecule has 1 aromatic rings. The number of hydrogen-bond acceptors (Lipinski definition) is 9. The van der Waals surface area contributed by atoms with Gasteiger partial charge in [0.1, 0.15) is 12.1 Å². The summed E-state index contributed by atoms with van der Waals surface area (Å²) in [6.45, 7) is 10.9. The van der Waals surface area contributed by atoms with E-state index in [1.807, 2.05) is 38.5 Å². The molecule has 0 aromatic heterocycles. The largest absolute Gasteiger partial charge is 0.378 e. The highest BCUT2D eigenvalue weighted by atomic mass is 32.2. The van der Waals surface area contributed by atoms with Crippen LogP contribution in [0.15, 0.2) is 29.3 Å². The molecule has 3 rings (SSSR count). The van der Waals surface area contributed by atoms with Gasteiger partial charge in [0.25, 0.3) is 0 Å². The average molecular weight is 647 g/mol. The molecule has 1 saturated heterocycles. The molecule has 0 saturated carbocycles. The van der Waals surface area contributed by atoms with E-state index in [9.17, 15) is 19.2 Å². The Morgan fingerprint density at radius 3 is 2.36 bits per heavy atom. The van der Waals surface area contributed by atoms with Gasteiger partial charge in [0, 0.05) is 39.0 Å². The zero-order valence-corrected chi connectivity index (χ0v) is 27.8. The molecule has 250 valence electrons. The Morgan fingerprint density at radius 2 is 1.71 bits per heavy atom. The van der Waals surface area contributed by atoms with Crippen LogP contribution in [0.4, 0.5) is 0 Å². The van der Waals surface area contributed by atoms with Crippen molar-refractivity contribution in [3.63, 3.8) is 0 Å². The van der Waals surface area contributed by atoms with Gasteiger partial charge in [0.15, 0.2) is 0 Å². The number of aliphatic imine (C=N–C) groups is 1. The van der Waals surface area contributed by atoms with Crippen LogP contribution in [-0.4, -0.2) is 98.3 Å². The van der Waals surface area contributed by atoms with E-state index in [-0.39, 0.29) is 36.6 Å². The Morgan fingerprint density at radius 1 is 1.02 bits per heavy atom. The predicted octanol–water partition coefficient (Wildman–Crippen LogP) is 1.92. The minimum absolute atomic E-state index is 0.0154. The zero-order chi connectivity index (χ0) is 32.8. The van der Waals surface area contributed by atoms with Gasteiger partial charge in [-0.05, 0) is 36.3 Å². The minimum Gasteiger partial charge on any atom is -0.378 e. The van der Waals surface area contributed by atoms with E-state index < -0.39 is 23.4 Å². The van der Waals surface area contributed by atoms with Gasteiger partial charge in [-0.25, -0.2) is 0 Å². The third kappa shape index (κ3) is 11.7. The lowest BCUT2D eigenvalue weighted by Gasteiger charge is -2.35. The molecule has 2 aliphatic rings. The van der Waals surface area contributed by atoms with Crippen molar-refractivity contribution in [2.45, 2.75) is 83.3 Å². The van der Waals surface area contributed by atoms with Crippen LogP contribution in [0, 0.1) is 5.41 Å². The summed E-state index contributed by atoms with van der Waals surface area (Å²) in [5.74, 6) is -1.17. The number of nitrogens with zero attached hydrogens (tertiary/aromatic N) is 2. The number of amides is 4. The van der Waals surface area contributed by atoms with Gasteiger partial charge in [-0.15, -0.1) is 11.8 Å². The summed E-state index contributed by atoms with van der Waals surface area (Å²) < 4.78 is 10.6. The molecule has 1 aromatic carbocycles. The molecule has 2 unspecified atom stereocenters. The number of thioether (sulfide) groups is 1. The molecule has 2 aliphatic heterocycles. The van der Waals surface area contributed by atoms with E-state index in [0.717, 1.165) is 5.56 Å². The monoisotopic (exact) mass is 646 g/mol. The summed E-state index contributed by atoms with van der Waals surface area (Å²) in [6.07, 6.45) is 1.18.